The van der Waals surface area contributed by atoms with E-state index in [2.05, 4.69) is 53.8 Å². The van der Waals surface area contributed by atoms with Gasteiger partial charge in [0.15, 0.2) is 0 Å². The van der Waals surface area contributed by atoms with E-state index in [0.29, 0.717) is 0 Å². The van der Waals surface area contributed by atoms with E-state index in [1.807, 2.05) is 0 Å². The number of aryl methyl sites for hydroxylation is 1. The Labute approximate surface area is 87.3 Å². The highest BCUT2D eigenvalue weighted by atomic mass is 127. The standard InChI is InChI=1S/C10H13IO/c1-9-3-2-4-10(7-9)8-12-6-5-11/h2-4,7H,5-6,8H2,1H3. The molecule has 66 valence electrons. The number of rotatable bonds is 4. The molecular weight excluding hydrogens is 263 g/mol. The zero-order chi connectivity index (χ0) is 8.81. The fraction of sp³-hybridized carbons (Fsp3) is 0.400. The Morgan fingerprint density at radius 2 is 2.25 bits per heavy atom. The van der Waals surface area contributed by atoms with Crippen LogP contribution in [0.1, 0.15) is 11.1 Å². The van der Waals surface area contributed by atoms with Crippen molar-refractivity contribution in [1.29, 1.82) is 0 Å². The molecule has 0 saturated carbocycles. The number of hydrogen-bond donors (Lipinski definition) is 0. The van der Waals surface area contributed by atoms with Crippen molar-refractivity contribution in [2.75, 3.05) is 11.0 Å². The molecule has 0 atom stereocenters. The van der Waals surface area contributed by atoms with E-state index in [4.69, 9.17) is 4.74 Å². The zero-order valence-electron chi connectivity index (χ0n) is 7.22. The van der Waals surface area contributed by atoms with Crippen LogP contribution < -0.4 is 0 Å². The first-order chi connectivity index (χ1) is 5.83. The molecular formula is C10H13IO. The molecule has 0 aromatic heterocycles. The van der Waals surface area contributed by atoms with Crippen LogP contribution in [0.15, 0.2) is 24.3 Å². The summed E-state index contributed by atoms with van der Waals surface area (Å²) in [7, 11) is 0. The molecule has 2 heteroatoms. The van der Waals surface area contributed by atoms with Crippen LogP contribution >= 0.6 is 22.6 Å². The van der Waals surface area contributed by atoms with Crippen LogP contribution in [0.25, 0.3) is 0 Å². The summed E-state index contributed by atoms with van der Waals surface area (Å²) in [5.74, 6) is 0. The minimum absolute atomic E-state index is 0.741. The van der Waals surface area contributed by atoms with Gasteiger partial charge in [0.25, 0.3) is 0 Å². The number of halogens is 1. The fourth-order valence-electron chi connectivity index (χ4n) is 1.05. The van der Waals surface area contributed by atoms with Crippen LogP contribution in [-0.4, -0.2) is 11.0 Å². The molecule has 0 saturated heterocycles. The Bertz CT molecular complexity index is 235. The molecule has 0 aliphatic carbocycles. The lowest BCUT2D eigenvalue weighted by atomic mass is 10.1. The molecule has 1 aromatic carbocycles. The maximum Gasteiger partial charge on any atom is 0.0717 e. The molecule has 1 nitrogen and oxygen atoms in total. The van der Waals surface area contributed by atoms with Crippen LogP contribution in [0.3, 0.4) is 0 Å². The van der Waals surface area contributed by atoms with Crippen molar-refractivity contribution < 1.29 is 4.74 Å². The van der Waals surface area contributed by atoms with Gasteiger partial charge in [-0.25, -0.2) is 0 Å². The van der Waals surface area contributed by atoms with Crippen molar-refractivity contribution >= 4 is 22.6 Å². The maximum atomic E-state index is 5.42. The second-order valence-electron chi connectivity index (χ2n) is 2.73. The Kier molecular flexibility index (Phi) is 4.61. The average molecular weight is 276 g/mol. The summed E-state index contributed by atoms with van der Waals surface area (Å²) in [5.41, 5.74) is 2.56. The van der Waals surface area contributed by atoms with Crippen molar-refractivity contribution in [2.24, 2.45) is 0 Å². The molecule has 0 spiro atoms. The first kappa shape index (κ1) is 9.99. The van der Waals surface area contributed by atoms with Gasteiger partial charge in [-0.15, -0.1) is 0 Å². The lowest BCUT2D eigenvalue weighted by molar-refractivity contribution is 0.138. The van der Waals surface area contributed by atoms with E-state index in [9.17, 15) is 0 Å². The quantitative estimate of drug-likeness (QED) is 0.467. The normalized spacial score (nSPS) is 10.2. The van der Waals surface area contributed by atoms with Crippen molar-refractivity contribution in [3.8, 4) is 0 Å². The Balaban J connectivity index is 2.41. The number of benzene rings is 1. The average Bonchev–Trinajstić information content (AvgIpc) is 2.05. The van der Waals surface area contributed by atoms with Crippen LogP contribution in [0.5, 0.6) is 0 Å². The van der Waals surface area contributed by atoms with Crippen molar-refractivity contribution in [2.45, 2.75) is 13.5 Å². The van der Waals surface area contributed by atoms with E-state index in [-0.39, 0.29) is 0 Å². The first-order valence-corrected chi connectivity index (χ1v) is 5.55. The summed E-state index contributed by atoms with van der Waals surface area (Å²) < 4.78 is 6.48. The fourth-order valence-corrected chi connectivity index (χ4v) is 1.36. The summed E-state index contributed by atoms with van der Waals surface area (Å²) in [6.45, 7) is 3.68. The molecule has 1 rings (SSSR count). The predicted octanol–water partition coefficient (Wildman–Crippen LogP) is 2.95. The Morgan fingerprint density at radius 3 is 2.92 bits per heavy atom. The monoisotopic (exact) mass is 276 g/mol. The van der Waals surface area contributed by atoms with Gasteiger partial charge in [0.2, 0.25) is 0 Å². The predicted molar refractivity (Wildman–Crippen MR) is 59.7 cm³/mol. The van der Waals surface area contributed by atoms with Gasteiger partial charge >= 0.3 is 0 Å². The van der Waals surface area contributed by atoms with Crippen LogP contribution in [0.2, 0.25) is 0 Å². The van der Waals surface area contributed by atoms with Gasteiger partial charge in [-0.2, -0.15) is 0 Å². The minimum atomic E-state index is 0.741. The molecule has 0 aliphatic heterocycles. The number of hydrogen-bond acceptors (Lipinski definition) is 1. The third-order valence-electron chi connectivity index (χ3n) is 1.57. The molecule has 0 fully saturated rings. The van der Waals surface area contributed by atoms with E-state index in [0.717, 1.165) is 17.6 Å². The van der Waals surface area contributed by atoms with E-state index < -0.39 is 0 Å². The SMILES string of the molecule is Cc1cccc(COCCI)c1. The largest absolute Gasteiger partial charge is 0.376 e. The van der Waals surface area contributed by atoms with Crippen molar-refractivity contribution in [3.05, 3.63) is 35.4 Å². The highest BCUT2D eigenvalue weighted by Gasteiger charge is 1.92. The highest BCUT2D eigenvalue weighted by molar-refractivity contribution is 14.1. The minimum Gasteiger partial charge on any atom is -0.376 e. The molecule has 0 heterocycles. The van der Waals surface area contributed by atoms with Gasteiger partial charge in [-0.05, 0) is 12.5 Å². The number of alkyl halides is 1. The van der Waals surface area contributed by atoms with Gasteiger partial charge in [-0.3, -0.25) is 0 Å². The van der Waals surface area contributed by atoms with Crippen LogP contribution in [0, 0.1) is 6.92 Å². The maximum absolute atomic E-state index is 5.42. The second kappa shape index (κ2) is 5.54. The summed E-state index contributed by atoms with van der Waals surface area (Å²) in [5, 5.41) is 0. The summed E-state index contributed by atoms with van der Waals surface area (Å²) >= 11 is 2.31. The molecule has 0 aliphatic rings. The summed E-state index contributed by atoms with van der Waals surface area (Å²) in [6, 6.07) is 8.42. The molecule has 0 bridgehead atoms. The first-order valence-electron chi connectivity index (χ1n) is 4.02. The van der Waals surface area contributed by atoms with Gasteiger partial charge in [-0.1, -0.05) is 52.4 Å². The van der Waals surface area contributed by atoms with Crippen LogP contribution in [-0.2, 0) is 11.3 Å². The van der Waals surface area contributed by atoms with Crippen molar-refractivity contribution in [3.63, 3.8) is 0 Å². The van der Waals surface area contributed by atoms with Gasteiger partial charge < -0.3 is 4.74 Å². The van der Waals surface area contributed by atoms with E-state index in [1.165, 1.54) is 11.1 Å². The molecule has 12 heavy (non-hydrogen) atoms. The van der Waals surface area contributed by atoms with E-state index >= 15 is 0 Å². The zero-order valence-corrected chi connectivity index (χ0v) is 9.37. The summed E-state index contributed by atoms with van der Waals surface area (Å²) in [6.07, 6.45) is 0. The molecule has 0 unspecified atom stereocenters. The highest BCUT2D eigenvalue weighted by Crippen LogP contribution is 2.05. The number of ether oxygens (including phenoxy) is 1. The van der Waals surface area contributed by atoms with Gasteiger partial charge in [0.05, 0.1) is 13.2 Å². The lowest BCUT2D eigenvalue weighted by Crippen LogP contribution is -1.95. The third-order valence-corrected chi connectivity index (χ3v) is 2.01. The Morgan fingerprint density at radius 1 is 1.42 bits per heavy atom. The Hall–Kier alpha value is -0.0900. The topological polar surface area (TPSA) is 9.23 Å². The smallest absolute Gasteiger partial charge is 0.0717 e. The molecule has 0 amide bonds. The van der Waals surface area contributed by atoms with Gasteiger partial charge in [0.1, 0.15) is 0 Å². The van der Waals surface area contributed by atoms with Crippen molar-refractivity contribution in [1.82, 2.24) is 0 Å². The lowest BCUT2D eigenvalue weighted by Gasteiger charge is -2.02. The summed E-state index contributed by atoms with van der Waals surface area (Å²) in [4.78, 5) is 0. The molecule has 1 aromatic rings. The van der Waals surface area contributed by atoms with Gasteiger partial charge in [0, 0.05) is 4.43 Å². The molecule has 0 N–H and O–H groups in total. The molecule has 0 radical (unpaired) electrons. The van der Waals surface area contributed by atoms with Crippen LogP contribution in [0.4, 0.5) is 0 Å². The third kappa shape index (κ3) is 3.54. The second-order valence-corrected chi connectivity index (χ2v) is 3.81. The van der Waals surface area contributed by atoms with E-state index in [1.54, 1.807) is 0 Å².